The van der Waals surface area contributed by atoms with Crippen LogP contribution in [0.15, 0.2) is 0 Å². The van der Waals surface area contributed by atoms with Crippen molar-refractivity contribution < 1.29 is 0 Å². The average molecular weight is 172 g/mol. The Kier molecular flexibility index (Phi) is 6.39. The summed E-state index contributed by atoms with van der Waals surface area (Å²) in [6, 6.07) is 0.349. The molecule has 12 heavy (non-hydrogen) atoms. The van der Waals surface area contributed by atoms with Crippen molar-refractivity contribution in [1.29, 1.82) is 0 Å². The summed E-state index contributed by atoms with van der Waals surface area (Å²) < 4.78 is 0. The molecule has 0 rings (SSSR count). The van der Waals surface area contributed by atoms with Crippen molar-refractivity contribution in [3.8, 4) is 0 Å². The number of likely N-dealkylation sites (N-methyl/N-ethyl adjacent to an activating group) is 1. The minimum absolute atomic E-state index is 0.349. The Morgan fingerprint density at radius 3 is 2.33 bits per heavy atom. The molecular formula is C10H24N2. The fourth-order valence-corrected chi connectivity index (χ4v) is 1.55. The summed E-state index contributed by atoms with van der Waals surface area (Å²) in [4.78, 5) is 2.31. The van der Waals surface area contributed by atoms with Gasteiger partial charge in [-0.05, 0) is 32.4 Å². The Hall–Kier alpha value is -0.0800. The number of nitrogens with two attached hydrogens (primary N) is 1. The maximum absolute atomic E-state index is 5.96. The van der Waals surface area contributed by atoms with E-state index in [1.165, 1.54) is 6.42 Å². The standard InChI is InChI=1S/C10H24N2/c1-5-6-12(4)8-10(11)7-9(2)3/h9-10H,5-8,11H2,1-4H3/t10-/m1/s1. The minimum atomic E-state index is 0.349. The molecule has 0 bridgehead atoms. The maximum atomic E-state index is 5.96. The highest BCUT2D eigenvalue weighted by Gasteiger charge is 2.07. The minimum Gasteiger partial charge on any atom is -0.327 e. The van der Waals surface area contributed by atoms with Gasteiger partial charge in [-0.25, -0.2) is 0 Å². The Balaban J connectivity index is 3.46. The lowest BCUT2D eigenvalue weighted by Gasteiger charge is -2.21. The van der Waals surface area contributed by atoms with Gasteiger partial charge in [-0.1, -0.05) is 20.8 Å². The second-order valence-electron chi connectivity index (χ2n) is 4.15. The van der Waals surface area contributed by atoms with Gasteiger partial charge in [0, 0.05) is 12.6 Å². The van der Waals surface area contributed by atoms with Crippen LogP contribution in [0.4, 0.5) is 0 Å². The zero-order valence-electron chi connectivity index (χ0n) is 9.01. The summed E-state index contributed by atoms with van der Waals surface area (Å²) >= 11 is 0. The lowest BCUT2D eigenvalue weighted by molar-refractivity contribution is 0.294. The molecule has 0 aromatic heterocycles. The van der Waals surface area contributed by atoms with Crippen LogP contribution in [0, 0.1) is 5.92 Å². The third-order valence-corrected chi connectivity index (χ3v) is 1.93. The molecule has 0 aliphatic carbocycles. The van der Waals surface area contributed by atoms with Crippen molar-refractivity contribution in [1.82, 2.24) is 4.90 Å². The van der Waals surface area contributed by atoms with Crippen LogP contribution in [-0.4, -0.2) is 31.1 Å². The zero-order valence-corrected chi connectivity index (χ0v) is 9.01. The van der Waals surface area contributed by atoms with Crippen molar-refractivity contribution in [3.63, 3.8) is 0 Å². The largest absolute Gasteiger partial charge is 0.327 e. The van der Waals surface area contributed by atoms with E-state index in [1.807, 2.05) is 0 Å². The van der Waals surface area contributed by atoms with Gasteiger partial charge < -0.3 is 10.6 Å². The third-order valence-electron chi connectivity index (χ3n) is 1.93. The van der Waals surface area contributed by atoms with E-state index in [0.29, 0.717) is 6.04 Å². The Morgan fingerprint density at radius 2 is 1.92 bits per heavy atom. The van der Waals surface area contributed by atoms with Gasteiger partial charge in [-0.15, -0.1) is 0 Å². The molecule has 0 fully saturated rings. The van der Waals surface area contributed by atoms with Gasteiger partial charge >= 0.3 is 0 Å². The summed E-state index contributed by atoms with van der Waals surface area (Å²) in [7, 11) is 2.14. The predicted molar refractivity (Wildman–Crippen MR) is 55.2 cm³/mol. The first-order chi connectivity index (χ1) is 5.56. The van der Waals surface area contributed by atoms with Crippen molar-refractivity contribution in [2.75, 3.05) is 20.1 Å². The van der Waals surface area contributed by atoms with Gasteiger partial charge in [0.25, 0.3) is 0 Å². The molecule has 0 aromatic carbocycles. The molecule has 0 unspecified atom stereocenters. The van der Waals surface area contributed by atoms with Gasteiger partial charge in [0.05, 0.1) is 0 Å². The molecule has 0 saturated carbocycles. The molecule has 0 aliphatic heterocycles. The van der Waals surface area contributed by atoms with Crippen LogP contribution in [0.1, 0.15) is 33.6 Å². The molecule has 0 amide bonds. The molecule has 0 radical (unpaired) electrons. The Bertz CT molecular complexity index is 102. The molecule has 0 aliphatic rings. The highest BCUT2D eigenvalue weighted by atomic mass is 15.1. The molecule has 2 nitrogen and oxygen atoms in total. The third kappa shape index (κ3) is 6.62. The van der Waals surface area contributed by atoms with Crippen LogP contribution in [0.5, 0.6) is 0 Å². The number of rotatable bonds is 6. The summed E-state index contributed by atoms with van der Waals surface area (Å²) in [5.41, 5.74) is 5.96. The van der Waals surface area contributed by atoms with Crippen LogP contribution in [0.25, 0.3) is 0 Å². The van der Waals surface area contributed by atoms with E-state index in [0.717, 1.165) is 25.4 Å². The lowest BCUT2D eigenvalue weighted by Crippen LogP contribution is -2.36. The summed E-state index contributed by atoms with van der Waals surface area (Å²) in [6.45, 7) is 8.83. The normalized spacial score (nSPS) is 14.2. The molecule has 2 N–H and O–H groups in total. The molecule has 2 heteroatoms. The van der Waals surface area contributed by atoms with Gasteiger partial charge in [-0.3, -0.25) is 0 Å². The van der Waals surface area contributed by atoms with Crippen molar-refractivity contribution in [2.24, 2.45) is 11.7 Å². The quantitative estimate of drug-likeness (QED) is 0.661. The average Bonchev–Trinajstić information content (AvgIpc) is 1.84. The van der Waals surface area contributed by atoms with E-state index in [4.69, 9.17) is 5.73 Å². The Labute approximate surface area is 77.1 Å². The van der Waals surface area contributed by atoms with Crippen LogP contribution in [-0.2, 0) is 0 Å². The second kappa shape index (κ2) is 6.44. The van der Waals surface area contributed by atoms with E-state index in [-0.39, 0.29) is 0 Å². The fourth-order valence-electron chi connectivity index (χ4n) is 1.55. The van der Waals surface area contributed by atoms with Crippen molar-refractivity contribution in [2.45, 2.75) is 39.7 Å². The van der Waals surface area contributed by atoms with E-state index >= 15 is 0 Å². The first kappa shape index (κ1) is 11.9. The maximum Gasteiger partial charge on any atom is 0.0170 e. The smallest absolute Gasteiger partial charge is 0.0170 e. The highest BCUT2D eigenvalue weighted by Crippen LogP contribution is 2.03. The number of nitrogens with zero attached hydrogens (tertiary/aromatic N) is 1. The first-order valence-electron chi connectivity index (χ1n) is 5.00. The van der Waals surface area contributed by atoms with Gasteiger partial charge in [0.15, 0.2) is 0 Å². The molecule has 0 aromatic rings. The summed E-state index contributed by atoms with van der Waals surface area (Å²) in [5.74, 6) is 0.718. The van der Waals surface area contributed by atoms with Crippen molar-refractivity contribution >= 4 is 0 Å². The fraction of sp³-hybridized carbons (Fsp3) is 1.00. The van der Waals surface area contributed by atoms with E-state index in [9.17, 15) is 0 Å². The number of hydrogen-bond acceptors (Lipinski definition) is 2. The van der Waals surface area contributed by atoms with E-state index in [1.54, 1.807) is 0 Å². The van der Waals surface area contributed by atoms with Gasteiger partial charge in [0.1, 0.15) is 0 Å². The molecule has 0 heterocycles. The second-order valence-corrected chi connectivity index (χ2v) is 4.15. The van der Waals surface area contributed by atoms with E-state index < -0.39 is 0 Å². The topological polar surface area (TPSA) is 29.3 Å². The molecular weight excluding hydrogens is 148 g/mol. The molecule has 0 saturated heterocycles. The first-order valence-corrected chi connectivity index (χ1v) is 5.00. The van der Waals surface area contributed by atoms with Crippen LogP contribution in [0.3, 0.4) is 0 Å². The van der Waals surface area contributed by atoms with Crippen LogP contribution >= 0.6 is 0 Å². The number of hydrogen-bond donors (Lipinski definition) is 1. The van der Waals surface area contributed by atoms with Gasteiger partial charge in [0.2, 0.25) is 0 Å². The summed E-state index contributed by atoms with van der Waals surface area (Å²) in [5, 5.41) is 0. The van der Waals surface area contributed by atoms with Gasteiger partial charge in [-0.2, -0.15) is 0 Å². The Morgan fingerprint density at radius 1 is 1.33 bits per heavy atom. The SMILES string of the molecule is CCCN(C)C[C@H](N)CC(C)C. The van der Waals surface area contributed by atoms with E-state index in [2.05, 4.69) is 32.7 Å². The molecule has 1 atom stereocenters. The highest BCUT2D eigenvalue weighted by molar-refractivity contribution is 4.67. The molecule has 0 spiro atoms. The predicted octanol–water partition coefficient (Wildman–Crippen LogP) is 1.70. The summed E-state index contributed by atoms with van der Waals surface area (Å²) in [6.07, 6.45) is 2.35. The zero-order chi connectivity index (χ0) is 9.56. The van der Waals surface area contributed by atoms with Crippen molar-refractivity contribution in [3.05, 3.63) is 0 Å². The van der Waals surface area contributed by atoms with Crippen LogP contribution in [0.2, 0.25) is 0 Å². The van der Waals surface area contributed by atoms with Crippen LogP contribution < -0.4 is 5.73 Å². The molecule has 74 valence electrons. The lowest BCUT2D eigenvalue weighted by atomic mass is 10.0. The monoisotopic (exact) mass is 172 g/mol.